The molecule has 0 saturated carbocycles. The predicted molar refractivity (Wildman–Crippen MR) is 93.8 cm³/mol. The molecule has 0 N–H and O–H groups in total. The van der Waals surface area contributed by atoms with Gasteiger partial charge in [0.05, 0.1) is 23.5 Å². The SMILES string of the molecule is C.C#Cc1cnn(C)c1.Cn1cc(C#C[Si](C)(C)C)cn1.F. The first-order chi connectivity index (χ1) is 9.30. The van der Waals surface area contributed by atoms with Crippen molar-refractivity contribution in [2.75, 3.05) is 0 Å². The Balaban J connectivity index is 0. The average Bonchev–Trinajstić information content (AvgIpc) is 2.95. The van der Waals surface area contributed by atoms with Crippen LogP contribution >= 0.6 is 0 Å². The van der Waals surface area contributed by atoms with Crippen molar-refractivity contribution in [3.05, 3.63) is 35.9 Å². The van der Waals surface area contributed by atoms with Crippen LogP contribution in [0.15, 0.2) is 24.8 Å². The molecule has 0 bridgehead atoms. The van der Waals surface area contributed by atoms with Crippen LogP contribution in [0, 0.1) is 23.8 Å². The van der Waals surface area contributed by atoms with Gasteiger partial charge in [-0.05, 0) is 0 Å². The summed E-state index contributed by atoms with van der Waals surface area (Å²) in [5.74, 6) is 5.60. The van der Waals surface area contributed by atoms with Crippen molar-refractivity contribution in [1.29, 1.82) is 0 Å². The molecule has 0 aliphatic rings. The second-order valence-corrected chi connectivity index (χ2v) is 10.2. The summed E-state index contributed by atoms with van der Waals surface area (Å²) in [5, 5.41) is 7.91. The van der Waals surface area contributed by atoms with Gasteiger partial charge >= 0.3 is 0 Å². The Labute approximate surface area is 133 Å². The number of nitrogens with zero attached hydrogens (tertiary/aromatic N) is 4. The standard InChI is InChI=1S/C9H14N2Si.C6H6N2.CH4.FH/c1-11-8-9(7-10-11)5-6-12(2,3)4;1-3-6-4-7-8(2)5-6;;/h7-8H,1-4H3;1,4-5H,2H3;1H4;1H. The topological polar surface area (TPSA) is 35.6 Å². The second kappa shape index (κ2) is 9.59. The van der Waals surface area contributed by atoms with Crippen LogP contribution < -0.4 is 0 Å². The van der Waals surface area contributed by atoms with Crippen LogP contribution in [-0.4, -0.2) is 27.6 Å². The van der Waals surface area contributed by atoms with Crippen LogP contribution in [0.3, 0.4) is 0 Å². The Kier molecular flexibility index (Phi) is 9.58. The van der Waals surface area contributed by atoms with Gasteiger partial charge in [0, 0.05) is 26.5 Å². The molecule has 2 aromatic rings. The van der Waals surface area contributed by atoms with E-state index in [1.165, 1.54) is 0 Å². The van der Waals surface area contributed by atoms with E-state index in [0.29, 0.717) is 0 Å². The van der Waals surface area contributed by atoms with Gasteiger partial charge < -0.3 is 0 Å². The number of rotatable bonds is 0. The van der Waals surface area contributed by atoms with E-state index in [1.807, 2.05) is 20.3 Å². The quantitative estimate of drug-likeness (QED) is 0.553. The molecule has 22 heavy (non-hydrogen) atoms. The summed E-state index contributed by atoms with van der Waals surface area (Å²) in [7, 11) is 2.51. The molecule has 2 heterocycles. The number of aryl methyl sites for hydroxylation is 2. The smallest absolute Gasteiger partial charge is 0.129 e. The third kappa shape index (κ3) is 8.78. The molecule has 2 aromatic heterocycles. The Hall–Kier alpha value is -2.31. The maximum absolute atomic E-state index is 5.06. The van der Waals surface area contributed by atoms with Crippen molar-refractivity contribution in [2.45, 2.75) is 27.1 Å². The van der Waals surface area contributed by atoms with E-state index >= 15 is 0 Å². The Bertz CT molecular complexity index is 663. The summed E-state index contributed by atoms with van der Waals surface area (Å²) in [4.78, 5) is 0. The van der Waals surface area contributed by atoms with Crippen molar-refractivity contribution in [3.63, 3.8) is 0 Å². The molecule has 0 aromatic carbocycles. The van der Waals surface area contributed by atoms with E-state index < -0.39 is 8.07 Å². The lowest BCUT2D eigenvalue weighted by molar-refractivity contribution is 0.767. The lowest BCUT2D eigenvalue weighted by atomic mass is 10.4. The monoisotopic (exact) mass is 320 g/mol. The molecular weight excluding hydrogens is 295 g/mol. The zero-order chi connectivity index (χ0) is 15.2. The van der Waals surface area contributed by atoms with Gasteiger partial charge in [-0.3, -0.25) is 14.1 Å². The molecule has 120 valence electrons. The molecule has 0 aliphatic carbocycles. The van der Waals surface area contributed by atoms with Crippen molar-refractivity contribution < 1.29 is 4.70 Å². The van der Waals surface area contributed by atoms with Crippen LogP contribution in [0.25, 0.3) is 0 Å². The molecule has 0 radical (unpaired) electrons. The summed E-state index contributed by atoms with van der Waals surface area (Å²) in [5.41, 5.74) is 5.13. The zero-order valence-electron chi connectivity index (χ0n) is 13.1. The van der Waals surface area contributed by atoms with Gasteiger partial charge in [0.2, 0.25) is 0 Å². The van der Waals surface area contributed by atoms with Gasteiger partial charge in [-0.25, -0.2) is 0 Å². The van der Waals surface area contributed by atoms with Gasteiger partial charge in [0.25, 0.3) is 0 Å². The van der Waals surface area contributed by atoms with Gasteiger partial charge in [0.1, 0.15) is 8.07 Å². The van der Waals surface area contributed by atoms with E-state index in [9.17, 15) is 0 Å². The normalized spacial score (nSPS) is 8.91. The van der Waals surface area contributed by atoms with E-state index in [1.54, 1.807) is 28.0 Å². The first kappa shape index (κ1) is 22.0. The molecule has 0 unspecified atom stereocenters. The molecule has 0 saturated heterocycles. The molecule has 4 nitrogen and oxygen atoms in total. The lowest BCUT2D eigenvalue weighted by Gasteiger charge is -2.02. The van der Waals surface area contributed by atoms with Crippen molar-refractivity contribution >= 4 is 8.07 Å². The van der Waals surface area contributed by atoms with Gasteiger partial charge in [0.15, 0.2) is 0 Å². The van der Waals surface area contributed by atoms with E-state index in [2.05, 4.69) is 47.2 Å². The number of halogens is 1. The minimum Gasteiger partial charge on any atom is -0.275 e. The van der Waals surface area contributed by atoms with Crippen LogP contribution in [0.2, 0.25) is 19.6 Å². The third-order valence-electron chi connectivity index (χ3n) is 2.16. The number of terminal acetylenes is 1. The summed E-state index contributed by atoms with van der Waals surface area (Å²) < 4.78 is 3.45. The van der Waals surface area contributed by atoms with E-state index in [0.717, 1.165) is 11.1 Å². The molecule has 2 rings (SSSR count). The molecular formula is C16H25FN4Si. The van der Waals surface area contributed by atoms with Crippen LogP contribution in [-0.2, 0) is 14.1 Å². The van der Waals surface area contributed by atoms with Crippen molar-refractivity contribution in [1.82, 2.24) is 19.6 Å². The highest BCUT2D eigenvalue weighted by atomic mass is 28.3. The summed E-state index contributed by atoms with van der Waals surface area (Å²) >= 11 is 0. The first-order valence-corrected chi connectivity index (χ1v) is 9.77. The molecule has 0 atom stereocenters. The van der Waals surface area contributed by atoms with Crippen LogP contribution in [0.4, 0.5) is 4.70 Å². The number of hydrogen-bond acceptors (Lipinski definition) is 2. The van der Waals surface area contributed by atoms with E-state index in [-0.39, 0.29) is 12.1 Å². The van der Waals surface area contributed by atoms with Gasteiger partial charge in [-0.1, -0.05) is 38.9 Å². The Morgan fingerprint density at radius 2 is 1.45 bits per heavy atom. The fraction of sp³-hybridized carbons (Fsp3) is 0.375. The number of aromatic nitrogens is 4. The molecule has 0 aliphatic heterocycles. The molecule has 0 amide bonds. The fourth-order valence-corrected chi connectivity index (χ4v) is 1.76. The molecule has 6 heteroatoms. The second-order valence-electron chi connectivity index (χ2n) is 5.45. The Morgan fingerprint density at radius 3 is 1.73 bits per heavy atom. The first-order valence-electron chi connectivity index (χ1n) is 6.27. The predicted octanol–water partition coefficient (Wildman–Crippen LogP) is 2.84. The van der Waals surface area contributed by atoms with Gasteiger partial charge in [-0.2, -0.15) is 10.2 Å². The van der Waals surface area contributed by atoms with E-state index in [4.69, 9.17) is 6.42 Å². The Morgan fingerprint density at radius 1 is 1.00 bits per heavy atom. The highest BCUT2D eigenvalue weighted by Gasteiger charge is 2.07. The lowest BCUT2D eigenvalue weighted by Crippen LogP contribution is -2.16. The molecule has 0 spiro atoms. The fourth-order valence-electron chi connectivity index (χ4n) is 1.24. The zero-order valence-corrected chi connectivity index (χ0v) is 14.1. The maximum atomic E-state index is 5.06. The summed E-state index contributed by atoms with van der Waals surface area (Å²) in [6, 6.07) is 0. The minimum absolute atomic E-state index is 0. The third-order valence-corrected chi connectivity index (χ3v) is 3.03. The van der Waals surface area contributed by atoms with Crippen molar-refractivity contribution in [3.8, 4) is 23.8 Å². The van der Waals surface area contributed by atoms with Crippen LogP contribution in [0.5, 0.6) is 0 Å². The number of hydrogen-bond donors (Lipinski definition) is 0. The average molecular weight is 320 g/mol. The largest absolute Gasteiger partial charge is 0.275 e. The minimum atomic E-state index is -1.23. The maximum Gasteiger partial charge on any atom is 0.129 e. The van der Waals surface area contributed by atoms with Crippen LogP contribution in [0.1, 0.15) is 18.6 Å². The van der Waals surface area contributed by atoms with Crippen molar-refractivity contribution in [2.24, 2.45) is 14.1 Å². The summed E-state index contributed by atoms with van der Waals surface area (Å²) in [6.07, 6.45) is 12.2. The van der Waals surface area contributed by atoms with Gasteiger partial charge in [-0.15, -0.1) is 12.0 Å². The highest BCUT2D eigenvalue weighted by Crippen LogP contribution is 1.99. The summed E-state index contributed by atoms with van der Waals surface area (Å²) in [6.45, 7) is 6.70. The molecule has 0 fully saturated rings. The highest BCUT2D eigenvalue weighted by molar-refractivity contribution is 6.83.